The Morgan fingerprint density at radius 3 is 2.50 bits per heavy atom. The quantitative estimate of drug-likeness (QED) is 0.879. The number of carbonyl (C=O) groups is 1. The number of halogens is 3. The van der Waals surface area contributed by atoms with Gasteiger partial charge in [0, 0.05) is 6.20 Å². The number of aliphatic hydroxyl groups is 1. The second-order valence-corrected chi connectivity index (χ2v) is 5.05. The molecule has 1 rings (SSSR count). The minimum absolute atomic E-state index is 0.139. The van der Waals surface area contributed by atoms with Gasteiger partial charge in [-0.15, -0.1) is 0 Å². The van der Waals surface area contributed by atoms with Gasteiger partial charge in [-0.3, -0.25) is 5.32 Å². The molecule has 5 nitrogen and oxygen atoms in total. The molecule has 1 aromatic heterocycles. The zero-order valence-electron chi connectivity index (χ0n) is 11.2. The topological polar surface area (TPSA) is 71.5 Å². The van der Waals surface area contributed by atoms with Gasteiger partial charge < -0.3 is 9.84 Å². The second kappa shape index (κ2) is 5.66. The van der Waals surface area contributed by atoms with Crippen LogP contribution in [-0.2, 0) is 4.74 Å². The van der Waals surface area contributed by atoms with Gasteiger partial charge >= 0.3 is 12.3 Å². The van der Waals surface area contributed by atoms with Crippen LogP contribution in [0.3, 0.4) is 0 Å². The van der Waals surface area contributed by atoms with Crippen molar-refractivity contribution in [2.75, 3.05) is 5.32 Å². The number of aliphatic hydroxyl groups excluding tert-OH is 1. The molecule has 0 aliphatic carbocycles. The maximum atomic E-state index is 12.4. The molecule has 20 heavy (non-hydrogen) atoms. The molecule has 0 aliphatic heterocycles. The van der Waals surface area contributed by atoms with E-state index in [0.717, 1.165) is 18.3 Å². The molecule has 0 radical (unpaired) electrons. The van der Waals surface area contributed by atoms with Crippen LogP contribution in [0.15, 0.2) is 18.3 Å². The van der Waals surface area contributed by atoms with E-state index in [4.69, 9.17) is 9.84 Å². The fraction of sp³-hybridized carbons (Fsp3) is 0.500. The summed E-state index contributed by atoms with van der Waals surface area (Å²) in [5.41, 5.74) is -1.16. The predicted molar refractivity (Wildman–Crippen MR) is 65.1 cm³/mol. The van der Waals surface area contributed by atoms with E-state index in [1.807, 2.05) is 0 Å². The predicted octanol–water partition coefficient (Wildman–Crippen LogP) is 3.02. The number of amides is 1. The molecule has 0 bridgehead atoms. The van der Waals surface area contributed by atoms with E-state index in [0.29, 0.717) is 0 Å². The number of pyridine rings is 1. The van der Waals surface area contributed by atoms with Gasteiger partial charge in [-0.1, -0.05) is 0 Å². The van der Waals surface area contributed by atoms with Crippen LogP contribution < -0.4 is 5.32 Å². The maximum Gasteiger partial charge on any atom is 0.418 e. The number of nitrogens with one attached hydrogen (secondary N) is 1. The van der Waals surface area contributed by atoms with E-state index in [1.54, 1.807) is 20.8 Å². The molecule has 0 aliphatic rings. The number of hydrogen-bond acceptors (Lipinski definition) is 4. The molecule has 1 unspecified atom stereocenters. The number of hydrogen-bond donors (Lipinski definition) is 2. The summed E-state index contributed by atoms with van der Waals surface area (Å²) in [7, 11) is 0. The number of aromatic nitrogens is 1. The first-order valence-corrected chi connectivity index (χ1v) is 5.70. The van der Waals surface area contributed by atoms with Crippen molar-refractivity contribution in [3.05, 3.63) is 23.9 Å². The molecular weight excluding hydrogens is 277 g/mol. The van der Waals surface area contributed by atoms with Crippen molar-refractivity contribution in [1.29, 1.82) is 0 Å². The molecule has 0 saturated carbocycles. The molecule has 0 spiro atoms. The highest BCUT2D eigenvalue weighted by Crippen LogP contribution is 2.32. The summed E-state index contributed by atoms with van der Waals surface area (Å²) in [5, 5.41) is 11.3. The lowest BCUT2D eigenvalue weighted by molar-refractivity contribution is -0.206. The summed E-state index contributed by atoms with van der Waals surface area (Å²) in [6.45, 7) is 4.93. The van der Waals surface area contributed by atoms with Gasteiger partial charge in [0.1, 0.15) is 11.4 Å². The highest BCUT2D eigenvalue weighted by Gasteiger charge is 2.39. The molecule has 0 fully saturated rings. The average Bonchev–Trinajstić information content (AvgIpc) is 2.24. The summed E-state index contributed by atoms with van der Waals surface area (Å²) in [5.74, 6) is -0.139. The number of ether oxygens (including phenoxy) is 1. The van der Waals surface area contributed by atoms with Crippen LogP contribution in [0, 0.1) is 0 Å². The number of rotatable bonds is 2. The Balaban J connectivity index is 2.82. The first-order valence-electron chi connectivity index (χ1n) is 5.70. The lowest BCUT2D eigenvalue weighted by atomic mass is 10.1. The summed E-state index contributed by atoms with van der Waals surface area (Å²) in [6, 6.07) is 1.94. The molecular formula is C12H15F3N2O3. The van der Waals surface area contributed by atoms with Crippen molar-refractivity contribution < 1.29 is 27.8 Å². The molecule has 1 aromatic rings. The van der Waals surface area contributed by atoms with Crippen LogP contribution >= 0.6 is 0 Å². The van der Waals surface area contributed by atoms with E-state index >= 15 is 0 Å². The van der Waals surface area contributed by atoms with Gasteiger partial charge in [-0.05, 0) is 38.5 Å². The molecule has 1 heterocycles. The first kappa shape index (κ1) is 16.2. The van der Waals surface area contributed by atoms with Crippen molar-refractivity contribution in [1.82, 2.24) is 4.98 Å². The molecule has 8 heteroatoms. The zero-order chi connectivity index (χ0) is 15.6. The number of nitrogens with zero attached hydrogens (tertiary/aromatic N) is 1. The van der Waals surface area contributed by atoms with Gasteiger partial charge in [0.15, 0.2) is 6.10 Å². The van der Waals surface area contributed by atoms with Crippen LogP contribution in [0.4, 0.5) is 23.8 Å². The fourth-order valence-electron chi connectivity index (χ4n) is 1.28. The summed E-state index contributed by atoms with van der Waals surface area (Å²) >= 11 is 0. The summed E-state index contributed by atoms with van der Waals surface area (Å²) in [6.07, 6.45) is -7.21. The third-order valence-corrected chi connectivity index (χ3v) is 2.04. The molecule has 112 valence electrons. The van der Waals surface area contributed by atoms with Crippen LogP contribution in [0.1, 0.15) is 32.4 Å². The Bertz CT molecular complexity index is 484. The Kier molecular flexibility index (Phi) is 4.59. The van der Waals surface area contributed by atoms with E-state index in [1.165, 1.54) is 0 Å². The third-order valence-electron chi connectivity index (χ3n) is 2.04. The van der Waals surface area contributed by atoms with Gasteiger partial charge in [-0.2, -0.15) is 13.2 Å². The smallest absolute Gasteiger partial charge is 0.418 e. The van der Waals surface area contributed by atoms with Crippen molar-refractivity contribution in [3.63, 3.8) is 0 Å². The Morgan fingerprint density at radius 1 is 1.40 bits per heavy atom. The standard InChI is InChI=1S/C12H15F3N2O3/c1-11(2,3)20-10(19)17-8-6-7(4-5-16-8)9(18)12(13,14)15/h4-6,9,18H,1-3H3,(H,16,17,19). The summed E-state index contributed by atoms with van der Waals surface area (Å²) < 4.78 is 42.0. The lowest BCUT2D eigenvalue weighted by Gasteiger charge is -2.20. The molecule has 2 N–H and O–H groups in total. The molecule has 0 saturated heterocycles. The van der Waals surface area contributed by atoms with Crippen LogP contribution in [-0.4, -0.2) is 28.0 Å². The molecule has 1 atom stereocenters. The second-order valence-electron chi connectivity index (χ2n) is 5.05. The van der Waals surface area contributed by atoms with Gasteiger partial charge in [0.2, 0.25) is 0 Å². The van der Waals surface area contributed by atoms with Gasteiger partial charge in [-0.25, -0.2) is 9.78 Å². The van der Waals surface area contributed by atoms with E-state index < -0.39 is 29.5 Å². The van der Waals surface area contributed by atoms with Crippen LogP contribution in [0.25, 0.3) is 0 Å². The minimum Gasteiger partial charge on any atom is -0.444 e. The van der Waals surface area contributed by atoms with Gasteiger partial charge in [0.25, 0.3) is 0 Å². The van der Waals surface area contributed by atoms with Crippen LogP contribution in [0.2, 0.25) is 0 Å². The number of alkyl halides is 3. The van der Waals surface area contributed by atoms with Crippen molar-refractivity contribution >= 4 is 11.9 Å². The third kappa shape index (κ3) is 5.04. The van der Waals surface area contributed by atoms with E-state index in [9.17, 15) is 18.0 Å². The van der Waals surface area contributed by atoms with E-state index in [-0.39, 0.29) is 5.82 Å². The van der Waals surface area contributed by atoms with Crippen molar-refractivity contribution in [3.8, 4) is 0 Å². The maximum absolute atomic E-state index is 12.4. The normalized spacial score (nSPS) is 13.8. The Hall–Kier alpha value is -1.83. The Morgan fingerprint density at radius 2 is 2.00 bits per heavy atom. The monoisotopic (exact) mass is 292 g/mol. The van der Waals surface area contributed by atoms with Gasteiger partial charge in [0.05, 0.1) is 0 Å². The molecule has 1 amide bonds. The number of anilines is 1. The first-order chi connectivity index (χ1) is 8.99. The average molecular weight is 292 g/mol. The lowest BCUT2D eigenvalue weighted by Crippen LogP contribution is -2.27. The largest absolute Gasteiger partial charge is 0.444 e. The summed E-state index contributed by atoms with van der Waals surface area (Å²) in [4.78, 5) is 15.1. The number of carbonyl (C=O) groups excluding carboxylic acids is 1. The zero-order valence-corrected chi connectivity index (χ0v) is 11.2. The highest BCUT2D eigenvalue weighted by molar-refractivity contribution is 5.83. The van der Waals surface area contributed by atoms with Crippen molar-refractivity contribution in [2.24, 2.45) is 0 Å². The molecule has 0 aromatic carbocycles. The van der Waals surface area contributed by atoms with Crippen molar-refractivity contribution in [2.45, 2.75) is 38.7 Å². The highest BCUT2D eigenvalue weighted by atomic mass is 19.4. The Labute approximate surface area is 113 Å². The van der Waals surface area contributed by atoms with E-state index in [2.05, 4.69) is 10.3 Å². The fourth-order valence-corrected chi connectivity index (χ4v) is 1.28. The van der Waals surface area contributed by atoms with Crippen LogP contribution in [0.5, 0.6) is 0 Å². The SMILES string of the molecule is CC(C)(C)OC(=O)Nc1cc(C(O)C(F)(F)F)ccn1. The minimum atomic E-state index is -4.79.